The molecular formula is C27H33NO2. The first kappa shape index (κ1) is 19.8. The van der Waals surface area contributed by atoms with E-state index in [2.05, 4.69) is 17.0 Å². The number of nitrogens with zero attached hydrogens (tertiary/aromatic N) is 1. The molecule has 0 amide bonds. The summed E-state index contributed by atoms with van der Waals surface area (Å²) in [5.74, 6) is 3.44. The van der Waals surface area contributed by atoms with Crippen LogP contribution in [-0.4, -0.2) is 36.4 Å². The summed E-state index contributed by atoms with van der Waals surface area (Å²) in [4.78, 5) is 15.3. The average molecular weight is 404 g/mol. The fraction of sp³-hybridized carbons (Fsp3) is 0.519. The van der Waals surface area contributed by atoms with E-state index in [0.717, 1.165) is 34.8 Å². The van der Waals surface area contributed by atoms with Gasteiger partial charge in [-0.1, -0.05) is 54.4 Å². The molecule has 0 N–H and O–H groups in total. The Kier molecular flexibility index (Phi) is 5.64. The van der Waals surface area contributed by atoms with Crippen molar-refractivity contribution in [2.24, 2.45) is 11.8 Å². The van der Waals surface area contributed by atoms with Crippen LogP contribution in [0.1, 0.15) is 65.9 Å². The Morgan fingerprint density at radius 2 is 1.73 bits per heavy atom. The van der Waals surface area contributed by atoms with Crippen LogP contribution in [0.3, 0.4) is 0 Å². The van der Waals surface area contributed by atoms with Crippen LogP contribution in [0.4, 0.5) is 0 Å². The van der Waals surface area contributed by atoms with Crippen molar-refractivity contribution < 1.29 is 9.53 Å². The summed E-state index contributed by atoms with van der Waals surface area (Å²) in [7, 11) is 0. The van der Waals surface area contributed by atoms with Gasteiger partial charge < -0.3 is 9.64 Å². The smallest absolute Gasteiger partial charge is 0.200 e. The maximum absolute atomic E-state index is 12.5. The predicted octanol–water partition coefficient (Wildman–Crippen LogP) is 5.62. The third-order valence-corrected chi connectivity index (χ3v) is 7.79. The monoisotopic (exact) mass is 403 g/mol. The van der Waals surface area contributed by atoms with Gasteiger partial charge in [-0.25, -0.2) is 0 Å². The van der Waals surface area contributed by atoms with E-state index in [9.17, 15) is 4.79 Å². The van der Waals surface area contributed by atoms with Crippen LogP contribution < -0.4 is 4.74 Å². The lowest BCUT2D eigenvalue weighted by Gasteiger charge is -2.40. The number of Topliss-reactive ketones (excluding diaryl/α,β-unsaturated/α-hetero) is 1. The zero-order chi connectivity index (χ0) is 20.5. The third-order valence-electron chi connectivity index (χ3n) is 7.79. The molecule has 2 aromatic carbocycles. The molecule has 3 atom stereocenters. The van der Waals surface area contributed by atoms with E-state index in [0.29, 0.717) is 5.92 Å². The quantitative estimate of drug-likeness (QED) is 0.586. The number of ether oxygens (including phenoxy) is 1. The first-order valence-electron chi connectivity index (χ1n) is 11.7. The number of fused-ring (bicyclic) bond motifs is 2. The highest BCUT2D eigenvalue weighted by Gasteiger charge is 2.43. The van der Waals surface area contributed by atoms with Gasteiger partial charge in [-0.3, -0.25) is 4.79 Å². The van der Waals surface area contributed by atoms with Crippen molar-refractivity contribution in [3.8, 4) is 5.75 Å². The lowest BCUT2D eigenvalue weighted by molar-refractivity contribution is 0.0917. The first-order chi connectivity index (χ1) is 14.7. The lowest BCUT2D eigenvalue weighted by Crippen LogP contribution is -2.43. The maximum atomic E-state index is 12.5. The molecule has 1 saturated heterocycles. The number of para-hydroxylation sites is 1. The summed E-state index contributed by atoms with van der Waals surface area (Å²) in [5.41, 5.74) is 3.16. The van der Waals surface area contributed by atoms with Crippen LogP contribution in [0, 0.1) is 18.8 Å². The van der Waals surface area contributed by atoms with Gasteiger partial charge in [-0.05, 0) is 81.5 Å². The highest BCUT2D eigenvalue weighted by atomic mass is 16.5. The van der Waals surface area contributed by atoms with Crippen LogP contribution in [0.5, 0.6) is 5.75 Å². The molecule has 2 bridgehead atoms. The summed E-state index contributed by atoms with van der Waals surface area (Å²) in [6.07, 6.45) is 8.25. The molecule has 30 heavy (non-hydrogen) atoms. The van der Waals surface area contributed by atoms with E-state index in [-0.39, 0.29) is 12.4 Å². The van der Waals surface area contributed by atoms with Crippen molar-refractivity contribution in [2.75, 3.05) is 19.7 Å². The van der Waals surface area contributed by atoms with Gasteiger partial charge in [0.05, 0.1) is 0 Å². The van der Waals surface area contributed by atoms with Crippen molar-refractivity contribution >= 4 is 5.78 Å². The Morgan fingerprint density at radius 3 is 2.43 bits per heavy atom. The number of aryl methyl sites for hydroxylation is 1. The second-order valence-electron chi connectivity index (χ2n) is 9.67. The predicted molar refractivity (Wildman–Crippen MR) is 120 cm³/mol. The van der Waals surface area contributed by atoms with E-state index < -0.39 is 0 Å². The summed E-state index contributed by atoms with van der Waals surface area (Å²) < 4.78 is 6.04. The highest BCUT2D eigenvalue weighted by Crippen LogP contribution is 2.47. The van der Waals surface area contributed by atoms with E-state index in [4.69, 9.17) is 4.74 Å². The number of rotatable bonds is 6. The number of piperidine rings is 1. The Balaban J connectivity index is 1.20. The van der Waals surface area contributed by atoms with Crippen LogP contribution in [-0.2, 0) is 0 Å². The second-order valence-corrected chi connectivity index (χ2v) is 9.67. The molecule has 0 radical (unpaired) electrons. The van der Waals surface area contributed by atoms with Gasteiger partial charge in [0.15, 0.2) is 12.4 Å². The molecular weight excluding hydrogens is 370 g/mol. The van der Waals surface area contributed by atoms with Gasteiger partial charge in [0.1, 0.15) is 5.75 Å². The SMILES string of the molecule is Cc1ccc(C(=O)COc2ccccc2C2CCN([C@H]3C[C@H]4CCC3C4)CC2)cc1. The molecule has 1 aliphatic heterocycles. The second kappa shape index (κ2) is 8.55. The summed E-state index contributed by atoms with van der Waals surface area (Å²) in [5, 5.41) is 0. The standard InChI is InChI=1S/C27H33NO2/c1-19-6-9-22(10-7-19)26(29)18-30-27-5-3-2-4-24(27)21-12-14-28(15-13-21)25-17-20-8-11-23(25)16-20/h2-7,9-10,20-21,23,25H,8,11-18H2,1H3/t20-,23?,25-/m0/s1. The van der Waals surface area contributed by atoms with Gasteiger partial charge in [-0.15, -0.1) is 0 Å². The molecule has 3 fully saturated rings. The summed E-state index contributed by atoms with van der Waals surface area (Å²) in [6.45, 7) is 4.54. The summed E-state index contributed by atoms with van der Waals surface area (Å²) >= 11 is 0. The van der Waals surface area contributed by atoms with Gasteiger partial charge in [-0.2, -0.15) is 0 Å². The highest BCUT2D eigenvalue weighted by molar-refractivity contribution is 5.97. The summed E-state index contributed by atoms with van der Waals surface area (Å²) in [6, 6.07) is 16.9. The third kappa shape index (κ3) is 4.05. The number of hydrogen-bond donors (Lipinski definition) is 0. The molecule has 158 valence electrons. The molecule has 2 saturated carbocycles. The van der Waals surface area contributed by atoms with Gasteiger partial charge in [0.25, 0.3) is 0 Å². The van der Waals surface area contributed by atoms with Gasteiger partial charge in [0.2, 0.25) is 0 Å². The van der Waals surface area contributed by atoms with Crippen LogP contribution in [0.15, 0.2) is 48.5 Å². The average Bonchev–Trinajstić information content (AvgIpc) is 3.42. The number of carbonyl (C=O) groups excluding carboxylic acids is 1. The normalized spacial score (nSPS) is 26.8. The molecule has 5 rings (SSSR count). The Morgan fingerprint density at radius 1 is 0.967 bits per heavy atom. The molecule has 2 aliphatic carbocycles. The fourth-order valence-electron chi connectivity index (χ4n) is 6.12. The maximum Gasteiger partial charge on any atom is 0.200 e. The fourth-order valence-corrected chi connectivity index (χ4v) is 6.12. The Hall–Kier alpha value is -2.13. The minimum atomic E-state index is 0.0379. The first-order valence-corrected chi connectivity index (χ1v) is 11.7. The zero-order valence-corrected chi connectivity index (χ0v) is 18.1. The molecule has 0 aromatic heterocycles. The molecule has 3 heteroatoms. The van der Waals surface area contributed by atoms with Crippen molar-refractivity contribution in [1.82, 2.24) is 4.90 Å². The molecule has 0 spiro atoms. The zero-order valence-electron chi connectivity index (χ0n) is 18.1. The minimum Gasteiger partial charge on any atom is -0.485 e. The molecule has 3 nitrogen and oxygen atoms in total. The number of ketones is 1. The number of carbonyl (C=O) groups is 1. The van der Waals surface area contributed by atoms with Crippen molar-refractivity contribution in [3.63, 3.8) is 0 Å². The van der Waals surface area contributed by atoms with Gasteiger partial charge in [0, 0.05) is 11.6 Å². The molecule has 3 aliphatic rings. The molecule has 1 heterocycles. The number of likely N-dealkylation sites (tertiary alicyclic amines) is 1. The number of hydrogen-bond acceptors (Lipinski definition) is 3. The largest absolute Gasteiger partial charge is 0.485 e. The van der Waals surface area contributed by atoms with Crippen LogP contribution >= 0.6 is 0 Å². The lowest BCUT2D eigenvalue weighted by atomic mass is 9.86. The van der Waals surface area contributed by atoms with E-state index >= 15 is 0 Å². The minimum absolute atomic E-state index is 0.0379. The Bertz CT molecular complexity index is 882. The molecule has 2 aromatic rings. The topological polar surface area (TPSA) is 29.5 Å². The Labute approximate surface area is 180 Å². The van der Waals surface area contributed by atoms with E-state index in [1.807, 2.05) is 43.3 Å². The molecule has 1 unspecified atom stereocenters. The van der Waals surface area contributed by atoms with E-state index in [1.165, 1.54) is 57.2 Å². The van der Waals surface area contributed by atoms with Crippen molar-refractivity contribution in [3.05, 3.63) is 65.2 Å². The number of benzene rings is 2. The van der Waals surface area contributed by atoms with E-state index in [1.54, 1.807) is 0 Å². The van der Waals surface area contributed by atoms with Crippen LogP contribution in [0.25, 0.3) is 0 Å². The van der Waals surface area contributed by atoms with Gasteiger partial charge >= 0.3 is 0 Å². The van der Waals surface area contributed by atoms with Crippen molar-refractivity contribution in [1.29, 1.82) is 0 Å². The van der Waals surface area contributed by atoms with Crippen LogP contribution in [0.2, 0.25) is 0 Å². The van der Waals surface area contributed by atoms with Crippen molar-refractivity contribution in [2.45, 2.75) is 57.4 Å².